The van der Waals surface area contributed by atoms with Crippen LogP contribution in [0.3, 0.4) is 0 Å². The van der Waals surface area contributed by atoms with Gasteiger partial charge in [0.05, 0.1) is 0 Å². The maximum absolute atomic E-state index is 3.81. The molecule has 0 aromatic carbocycles. The second-order valence-corrected chi connectivity index (χ2v) is 6.64. The molecule has 0 bridgehead atoms. The van der Waals surface area contributed by atoms with Gasteiger partial charge in [0.25, 0.3) is 0 Å². The van der Waals surface area contributed by atoms with Gasteiger partial charge in [0, 0.05) is 19.1 Å². The van der Waals surface area contributed by atoms with Crippen molar-refractivity contribution in [3.63, 3.8) is 0 Å². The van der Waals surface area contributed by atoms with Crippen LogP contribution in [0.15, 0.2) is 0 Å². The molecule has 0 spiro atoms. The van der Waals surface area contributed by atoms with Crippen LogP contribution in [0.2, 0.25) is 0 Å². The molecule has 0 saturated heterocycles. The molecule has 1 fully saturated rings. The Kier molecular flexibility index (Phi) is 10.3. The summed E-state index contributed by atoms with van der Waals surface area (Å²) in [5.41, 5.74) is 0. The first kappa shape index (κ1) is 18.9. The molecule has 0 aromatic rings. The van der Waals surface area contributed by atoms with Gasteiger partial charge in [-0.05, 0) is 57.9 Å². The summed E-state index contributed by atoms with van der Waals surface area (Å²) in [5.74, 6) is 0.872. The lowest BCUT2D eigenvalue weighted by Crippen LogP contribution is -2.42. The topological polar surface area (TPSA) is 18.5 Å². The summed E-state index contributed by atoms with van der Waals surface area (Å²) < 4.78 is 0. The Morgan fingerprint density at radius 2 is 1.48 bits per heavy atom. The Morgan fingerprint density at radius 3 is 2.10 bits per heavy atom. The summed E-state index contributed by atoms with van der Waals surface area (Å²) in [6, 6.07) is 0.771. The lowest BCUT2D eigenvalue weighted by molar-refractivity contribution is 0.228. The molecule has 21 heavy (non-hydrogen) atoms. The third kappa shape index (κ3) is 7.62. The minimum absolute atomic E-state index is 0.771. The molecule has 0 aliphatic heterocycles. The first-order valence-corrected chi connectivity index (χ1v) is 9.39. The van der Waals surface area contributed by atoms with Crippen LogP contribution in [0.1, 0.15) is 59.8 Å². The Bertz CT molecular complexity index is 241. The number of nitrogens with one attached hydrogen (secondary N) is 1. The maximum Gasteiger partial charge on any atom is 0.0107 e. The van der Waals surface area contributed by atoms with E-state index in [1.54, 1.807) is 0 Å². The van der Waals surface area contributed by atoms with Crippen LogP contribution in [0.25, 0.3) is 0 Å². The van der Waals surface area contributed by atoms with Gasteiger partial charge in [-0.2, -0.15) is 0 Å². The highest BCUT2D eigenvalue weighted by Crippen LogP contribution is 2.23. The van der Waals surface area contributed by atoms with E-state index in [1.807, 2.05) is 0 Å². The summed E-state index contributed by atoms with van der Waals surface area (Å²) in [4.78, 5) is 5.12. The van der Waals surface area contributed by atoms with Gasteiger partial charge in [-0.1, -0.05) is 40.5 Å². The monoisotopic (exact) mass is 297 g/mol. The van der Waals surface area contributed by atoms with Gasteiger partial charge < -0.3 is 15.1 Å². The van der Waals surface area contributed by atoms with Crippen LogP contribution >= 0.6 is 0 Å². The molecule has 1 aliphatic rings. The van der Waals surface area contributed by atoms with Crippen molar-refractivity contribution >= 4 is 0 Å². The summed E-state index contributed by atoms with van der Waals surface area (Å²) in [7, 11) is 0. The van der Waals surface area contributed by atoms with Crippen LogP contribution in [0.4, 0.5) is 0 Å². The standard InChI is InChI=1S/C18H39N3/c1-5-20(6-2)14-10-15-21(7-3)16-13-19-18-12-9-8-11-17(18)4/h17-19H,5-16H2,1-4H3. The van der Waals surface area contributed by atoms with Crippen LogP contribution in [0, 0.1) is 5.92 Å². The molecule has 0 amide bonds. The van der Waals surface area contributed by atoms with E-state index in [1.165, 1.54) is 71.4 Å². The molecule has 1 N–H and O–H groups in total. The highest BCUT2D eigenvalue weighted by molar-refractivity contribution is 4.78. The first-order valence-electron chi connectivity index (χ1n) is 9.39. The molecule has 2 atom stereocenters. The van der Waals surface area contributed by atoms with E-state index in [9.17, 15) is 0 Å². The molecular weight excluding hydrogens is 258 g/mol. The fourth-order valence-corrected chi connectivity index (χ4v) is 3.51. The lowest BCUT2D eigenvalue weighted by Gasteiger charge is -2.31. The van der Waals surface area contributed by atoms with Gasteiger partial charge in [-0.15, -0.1) is 0 Å². The molecule has 2 unspecified atom stereocenters. The Hall–Kier alpha value is -0.120. The van der Waals surface area contributed by atoms with Crippen molar-refractivity contribution in [1.29, 1.82) is 0 Å². The average molecular weight is 298 g/mol. The summed E-state index contributed by atoms with van der Waals surface area (Å²) in [5, 5.41) is 3.81. The van der Waals surface area contributed by atoms with E-state index in [0.717, 1.165) is 18.5 Å². The van der Waals surface area contributed by atoms with Gasteiger partial charge in [0.1, 0.15) is 0 Å². The third-order valence-electron chi connectivity index (χ3n) is 5.24. The zero-order valence-corrected chi connectivity index (χ0v) is 15.0. The van der Waals surface area contributed by atoms with E-state index in [0.29, 0.717) is 0 Å². The predicted molar refractivity (Wildman–Crippen MR) is 93.9 cm³/mol. The molecular formula is C18H39N3. The van der Waals surface area contributed by atoms with Crippen molar-refractivity contribution in [2.75, 3.05) is 45.8 Å². The number of likely N-dealkylation sites (N-methyl/N-ethyl adjacent to an activating group) is 1. The molecule has 0 heterocycles. The number of hydrogen-bond acceptors (Lipinski definition) is 3. The van der Waals surface area contributed by atoms with Crippen molar-refractivity contribution in [3.8, 4) is 0 Å². The van der Waals surface area contributed by atoms with Gasteiger partial charge in [-0.25, -0.2) is 0 Å². The van der Waals surface area contributed by atoms with Crippen molar-refractivity contribution in [2.45, 2.75) is 65.8 Å². The summed E-state index contributed by atoms with van der Waals surface area (Å²) >= 11 is 0. The highest BCUT2D eigenvalue weighted by Gasteiger charge is 2.20. The van der Waals surface area contributed by atoms with E-state index in [4.69, 9.17) is 0 Å². The molecule has 3 nitrogen and oxygen atoms in total. The predicted octanol–water partition coefficient (Wildman–Crippen LogP) is 3.21. The van der Waals surface area contributed by atoms with Crippen molar-refractivity contribution in [3.05, 3.63) is 0 Å². The number of hydrogen-bond donors (Lipinski definition) is 1. The van der Waals surface area contributed by atoms with E-state index < -0.39 is 0 Å². The molecule has 1 saturated carbocycles. The Balaban J connectivity index is 2.12. The van der Waals surface area contributed by atoms with E-state index >= 15 is 0 Å². The average Bonchev–Trinajstić information content (AvgIpc) is 2.51. The van der Waals surface area contributed by atoms with Gasteiger partial charge in [0.2, 0.25) is 0 Å². The Morgan fingerprint density at radius 1 is 0.857 bits per heavy atom. The second-order valence-electron chi connectivity index (χ2n) is 6.64. The largest absolute Gasteiger partial charge is 0.312 e. The van der Waals surface area contributed by atoms with E-state index in [2.05, 4.69) is 42.8 Å². The van der Waals surface area contributed by atoms with Crippen LogP contribution in [-0.2, 0) is 0 Å². The first-order chi connectivity index (χ1) is 10.2. The molecule has 0 radical (unpaired) electrons. The van der Waals surface area contributed by atoms with Crippen LogP contribution < -0.4 is 5.32 Å². The number of rotatable bonds is 11. The fraction of sp³-hybridized carbons (Fsp3) is 1.00. The van der Waals surface area contributed by atoms with Gasteiger partial charge >= 0.3 is 0 Å². The zero-order valence-electron chi connectivity index (χ0n) is 15.0. The summed E-state index contributed by atoms with van der Waals surface area (Å²) in [6.07, 6.45) is 6.96. The molecule has 3 heteroatoms. The minimum atomic E-state index is 0.771. The molecule has 1 aliphatic carbocycles. The SMILES string of the molecule is CCN(CC)CCCN(CC)CCNC1CCCCC1C. The number of nitrogens with zero attached hydrogens (tertiary/aromatic N) is 2. The van der Waals surface area contributed by atoms with E-state index in [-0.39, 0.29) is 0 Å². The highest BCUT2D eigenvalue weighted by atomic mass is 15.1. The molecule has 0 aromatic heterocycles. The van der Waals surface area contributed by atoms with Gasteiger partial charge in [0.15, 0.2) is 0 Å². The lowest BCUT2D eigenvalue weighted by atomic mass is 9.86. The Labute approximate surface area is 133 Å². The van der Waals surface area contributed by atoms with Crippen molar-refractivity contribution < 1.29 is 0 Å². The second kappa shape index (κ2) is 11.4. The smallest absolute Gasteiger partial charge is 0.0107 e. The molecule has 1 rings (SSSR count). The zero-order chi connectivity index (χ0) is 15.5. The van der Waals surface area contributed by atoms with Crippen molar-refractivity contribution in [1.82, 2.24) is 15.1 Å². The van der Waals surface area contributed by atoms with Crippen LogP contribution in [-0.4, -0.2) is 61.7 Å². The molecule has 126 valence electrons. The maximum atomic E-state index is 3.81. The summed E-state index contributed by atoms with van der Waals surface area (Å²) in [6.45, 7) is 17.6. The fourth-order valence-electron chi connectivity index (χ4n) is 3.51. The normalized spacial score (nSPS) is 23.1. The van der Waals surface area contributed by atoms with Crippen molar-refractivity contribution in [2.24, 2.45) is 5.92 Å². The minimum Gasteiger partial charge on any atom is -0.312 e. The van der Waals surface area contributed by atoms with Crippen LogP contribution in [0.5, 0.6) is 0 Å². The van der Waals surface area contributed by atoms with Gasteiger partial charge in [-0.3, -0.25) is 0 Å². The third-order valence-corrected chi connectivity index (χ3v) is 5.24. The quantitative estimate of drug-likeness (QED) is 0.632.